The first-order valence-corrected chi connectivity index (χ1v) is 2.94. The van der Waals surface area contributed by atoms with E-state index >= 15 is 0 Å². The molecular formula is C7H8N2O. The average Bonchev–Trinajstić information content (AvgIpc) is 1.88. The Bertz CT molecular complexity index is 235. The number of hydrogen-bond acceptors (Lipinski definition) is 3. The predicted octanol–water partition coefficient (Wildman–Crippen LogP) is 0.911. The largest absolute Gasteiger partial charge is 0.479 e. The maximum atomic E-state index is 8.78. The molecule has 1 aromatic heterocycles. The first-order chi connectivity index (χ1) is 4.83. The fourth-order valence-electron chi connectivity index (χ4n) is 0.646. The van der Waals surface area contributed by atoms with Gasteiger partial charge in [0.05, 0.1) is 5.69 Å². The van der Waals surface area contributed by atoms with Crippen LogP contribution < -0.4 is 0 Å². The molecular weight excluding hydrogens is 128 g/mol. The summed E-state index contributed by atoms with van der Waals surface area (Å²) in [6.45, 7) is 3.54. The second kappa shape index (κ2) is 2.96. The van der Waals surface area contributed by atoms with E-state index < -0.39 is 0 Å². The SMILES string of the molecule is C=CCc1ccnc(O)n1. The Morgan fingerprint density at radius 3 is 3.10 bits per heavy atom. The van der Waals surface area contributed by atoms with Crippen LogP contribution in [0.3, 0.4) is 0 Å². The van der Waals surface area contributed by atoms with Gasteiger partial charge in [0, 0.05) is 12.6 Å². The van der Waals surface area contributed by atoms with Crippen molar-refractivity contribution in [2.24, 2.45) is 0 Å². The zero-order valence-corrected chi connectivity index (χ0v) is 5.49. The van der Waals surface area contributed by atoms with Gasteiger partial charge in [-0.3, -0.25) is 0 Å². The first kappa shape index (κ1) is 6.74. The van der Waals surface area contributed by atoms with E-state index in [1.165, 1.54) is 6.20 Å². The van der Waals surface area contributed by atoms with Crippen LogP contribution in [-0.4, -0.2) is 15.1 Å². The van der Waals surface area contributed by atoms with Gasteiger partial charge in [-0.15, -0.1) is 6.58 Å². The second-order valence-corrected chi connectivity index (χ2v) is 1.84. The van der Waals surface area contributed by atoms with Crippen LogP contribution in [0, 0.1) is 0 Å². The van der Waals surface area contributed by atoms with Gasteiger partial charge in [-0.2, -0.15) is 0 Å². The highest BCUT2D eigenvalue weighted by Crippen LogP contribution is 2.00. The molecule has 1 aromatic rings. The molecule has 0 aliphatic heterocycles. The Hall–Kier alpha value is -1.38. The molecule has 1 N–H and O–H groups in total. The Morgan fingerprint density at radius 1 is 1.70 bits per heavy atom. The van der Waals surface area contributed by atoms with Crippen molar-refractivity contribution in [1.29, 1.82) is 0 Å². The van der Waals surface area contributed by atoms with Crippen molar-refractivity contribution in [2.45, 2.75) is 6.42 Å². The predicted molar refractivity (Wildman–Crippen MR) is 37.6 cm³/mol. The van der Waals surface area contributed by atoms with Gasteiger partial charge in [-0.05, 0) is 6.07 Å². The fraction of sp³-hybridized carbons (Fsp3) is 0.143. The lowest BCUT2D eigenvalue weighted by molar-refractivity contribution is 0.428. The Labute approximate surface area is 59.1 Å². The first-order valence-electron chi connectivity index (χ1n) is 2.94. The molecule has 10 heavy (non-hydrogen) atoms. The Morgan fingerprint density at radius 2 is 2.50 bits per heavy atom. The third-order valence-electron chi connectivity index (χ3n) is 1.05. The standard InChI is InChI=1S/C7H8N2O/c1-2-3-6-4-5-8-7(10)9-6/h2,4-5H,1,3H2,(H,8,9,10). The molecule has 0 aromatic carbocycles. The molecule has 0 fully saturated rings. The molecule has 0 amide bonds. The lowest BCUT2D eigenvalue weighted by Crippen LogP contribution is -1.87. The molecule has 0 aliphatic rings. The van der Waals surface area contributed by atoms with Crippen molar-refractivity contribution in [1.82, 2.24) is 9.97 Å². The summed E-state index contributed by atoms with van der Waals surface area (Å²) in [5.41, 5.74) is 0.780. The van der Waals surface area contributed by atoms with Crippen molar-refractivity contribution in [3.63, 3.8) is 0 Å². The maximum absolute atomic E-state index is 8.78. The minimum atomic E-state index is -0.181. The molecule has 0 aliphatic carbocycles. The van der Waals surface area contributed by atoms with Crippen LogP contribution in [-0.2, 0) is 6.42 Å². The van der Waals surface area contributed by atoms with E-state index in [1.807, 2.05) is 0 Å². The van der Waals surface area contributed by atoms with Gasteiger partial charge in [0.2, 0.25) is 0 Å². The van der Waals surface area contributed by atoms with E-state index in [-0.39, 0.29) is 6.01 Å². The summed E-state index contributed by atoms with van der Waals surface area (Å²) in [4.78, 5) is 7.27. The van der Waals surface area contributed by atoms with Crippen LogP contribution in [0.4, 0.5) is 0 Å². The molecule has 0 saturated heterocycles. The molecule has 1 heterocycles. The summed E-state index contributed by atoms with van der Waals surface area (Å²) in [5.74, 6) is 0. The van der Waals surface area contributed by atoms with Gasteiger partial charge in [-0.1, -0.05) is 6.08 Å². The van der Waals surface area contributed by atoms with Gasteiger partial charge in [0.25, 0.3) is 0 Å². The minimum Gasteiger partial charge on any atom is -0.479 e. The van der Waals surface area contributed by atoms with Gasteiger partial charge in [-0.25, -0.2) is 9.97 Å². The lowest BCUT2D eigenvalue weighted by Gasteiger charge is -1.93. The third kappa shape index (κ3) is 1.55. The summed E-state index contributed by atoms with van der Waals surface area (Å²) >= 11 is 0. The molecule has 0 unspecified atom stereocenters. The minimum absolute atomic E-state index is 0.181. The van der Waals surface area contributed by atoms with E-state index in [9.17, 15) is 0 Å². The molecule has 0 spiro atoms. The molecule has 0 radical (unpaired) electrons. The smallest absolute Gasteiger partial charge is 0.314 e. The molecule has 0 saturated carbocycles. The third-order valence-corrected chi connectivity index (χ3v) is 1.05. The Kier molecular flexibility index (Phi) is 1.99. The quantitative estimate of drug-likeness (QED) is 0.614. The summed E-state index contributed by atoms with van der Waals surface area (Å²) in [5, 5.41) is 8.78. The lowest BCUT2D eigenvalue weighted by atomic mass is 10.3. The average molecular weight is 136 g/mol. The summed E-state index contributed by atoms with van der Waals surface area (Å²) in [7, 11) is 0. The van der Waals surface area contributed by atoms with Crippen LogP contribution in [0.25, 0.3) is 0 Å². The number of rotatable bonds is 2. The monoisotopic (exact) mass is 136 g/mol. The zero-order chi connectivity index (χ0) is 7.40. The molecule has 0 bridgehead atoms. The van der Waals surface area contributed by atoms with Gasteiger partial charge >= 0.3 is 6.01 Å². The van der Waals surface area contributed by atoms with Crippen LogP contribution in [0.2, 0.25) is 0 Å². The normalized spacial score (nSPS) is 9.20. The van der Waals surface area contributed by atoms with Crippen molar-refractivity contribution in [2.75, 3.05) is 0 Å². The van der Waals surface area contributed by atoms with Crippen molar-refractivity contribution in [3.8, 4) is 6.01 Å². The zero-order valence-electron chi connectivity index (χ0n) is 5.49. The van der Waals surface area contributed by atoms with Crippen molar-refractivity contribution < 1.29 is 5.11 Å². The highest BCUT2D eigenvalue weighted by Gasteiger charge is 1.92. The number of aromatic nitrogens is 2. The van der Waals surface area contributed by atoms with E-state index in [0.717, 1.165) is 5.69 Å². The van der Waals surface area contributed by atoms with Gasteiger partial charge < -0.3 is 5.11 Å². The van der Waals surface area contributed by atoms with Crippen molar-refractivity contribution >= 4 is 0 Å². The maximum Gasteiger partial charge on any atom is 0.314 e. The molecule has 3 heteroatoms. The Balaban J connectivity index is 2.84. The molecule has 1 rings (SSSR count). The molecule has 52 valence electrons. The number of hydrogen-bond donors (Lipinski definition) is 1. The second-order valence-electron chi connectivity index (χ2n) is 1.84. The number of aromatic hydroxyl groups is 1. The summed E-state index contributed by atoms with van der Waals surface area (Å²) in [6.07, 6.45) is 3.90. The van der Waals surface area contributed by atoms with Crippen LogP contribution in [0.15, 0.2) is 24.9 Å². The van der Waals surface area contributed by atoms with Crippen LogP contribution in [0.1, 0.15) is 5.69 Å². The number of allylic oxidation sites excluding steroid dienone is 1. The highest BCUT2D eigenvalue weighted by molar-refractivity contribution is 5.07. The summed E-state index contributed by atoms with van der Waals surface area (Å²) < 4.78 is 0. The van der Waals surface area contributed by atoms with Crippen molar-refractivity contribution in [3.05, 3.63) is 30.6 Å². The summed E-state index contributed by atoms with van der Waals surface area (Å²) in [6, 6.07) is 1.56. The fourth-order valence-corrected chi connectivity index (χ4v) is 0.646. The molecule has 3 nitrogen and oxygen atoms in total. The van der Waals surface area contributed by atoms with E-state index in [0.29, 0.717) is 6.42 Å². The van der Waals surface area contributed by atoms with Crippen LogP contribution in [0.5, 0.6) is 6.01 Å². The highest BCUT2D eigenvalue weighted by atomic mass is 16.3. The van der Waals surface area contributed by atoms with E-state index in [1.54, 1.807) is 12.1 Å². The van der Waals surface area contributed by atoms with E-state index in [2.05, 4.69) is 16.5 Å². The van der Waals surface area contributed by atoms with Crippen LogP contribution >= 0.6 is 0 Å². The molecule has 0 atom stereocenters. The topological polar surface area (TPSA) is 46.0 Å². The van der Waals surface area contributed by atoms with Gasteiger partial charge in [0.1, 0.15) is 0 Å². The number of nitrogens with zero attached hydrogens (tertiary/aromatic N) is 2. The van der Waals surface area contributed by atoms with Gasteiger partial charge in [0.15, 0.2) is 0 Å². The van der Waals surface area contributed by atoms with E-state index in [4.69, 9.17) is 5.11 Å².